The maximum atomic E-state index is 11.8. The van der Waals surface area contributed by atoms with E-state index in [9.17, 15) is 24.9 Å². The van der Waals surface area contributed by atoms with E-state index in [0.29, 0.717) is 6.42 Å². The molecule has 0 spiro atoms. The van der Waals surface area contributed by atoms with Crippen molar-refractivity contribution in [1.82, 2.24) is 0 Å². The third-order valence-corrected chi connectivity index (χ3v) is 4.91. The van der Waals surface area contributed by atoms with Crippen molar-refractivity contribution in [3.05, 3.63) is 24.3 Å². The lowest BCUT2D eigenvalue weighted by atomic mass is 10.0. The first-order chi connectivity index (χ1) is 14.4. The number of aldehydes is 1. The fraction of sp³-hybridized carbons (Fsp3) is 0.750. The molecular formula is C24H42O6. The monoisotopic (exact) mass is 426 g/mol. The molecule has 174 valence electrons. The molecule has 0 aromatic heterocycles. The predicted molar refractivity (Wildman–Crippen MR) is 119 cm³/mol. The van der Waals surface area contributed by atoms with Gasteiger partial charge in [0.15, 0.2) is 12.4 Å². The van der Waals surface area contributed by atoms with E-state index in [2.05, 4.69) is 31.2 Å². The quantitative estimate of drug-likeness (QED) is 0.125. The van der Waals surface area contributed by atoms with Gasteiger partial charge in [0.25, 0.3) is 0 Å². The van der Waals surface area contributed by atoms with Gasteiger partial charge in [-0.1, -0.05) is 63.3 Å². The molecule has 0 unspecified atom stereocenters. The number of aliphatic hydroxyl groups is 3. The molecule has 4 atom stereocenters. The van der Waals surface area contributed by atoms with Gasteiger partial charge in [-0.15, -0.1) is 0 Å². The Morgan fingerprint density at radius 1 is 0.833 bits per heavy atom. The van der Waals surface area contributed by atoms with E-state index < -0.39 is 30.4 Å². The van der Waals surface area contributed by atoms with Crippen LogP contribution >= 0.6 is 0 Å². The molecule has 0 saturated heterocycles. The number of hydrogen-bond acceptors (Lipinski definition) is 6. The molecular weight excluding hydrogens is 384 g/mol. The average Bonchev–Trinajstić information content (AvgIpc) is 2.73. The molecule has 0 amide bonds. The highest BCUT2D eigenvalue weighted by Gasteiger charge is 2.31. The van der Waals surface area contributed by atoms with Crippen LogP contribution in [-0.2, 0) is 14.3 Å². The first kappa shape index (κ1) is 28.5. The highest BCUT2D eigenvalue weighted by atomic mass is 16.6. The van der Waals surface area contributed by atoms with Crippen molar-refractivity contribution in [2.24, 2.45) is 0 Å². The van der Waals surface area contributed by atoms with Crippen molar-refractivity contribution in [3.63, 3.8) is 0 Å². The van der Waals surface area contributed by atoms with Crippen LogP contribution in [0.4, 0.5) is 0 Å². The van der Waals surface area contributed by atoms with Gasteiger partial charge >= 0.3 is 5.97 Å². The van der Waals surface area contributed by atoms with Crippen molar-refractivity contribution in [2.45, 2.75) is 115 Å². The van der Waals surface area contributed by atoms with E-state index in [-0.39, 0.29) is 12.7 Å². The van der Waals surface area contributed by atoms with Gasteiger partial charge in [-0.3, -0.25) is 9.59 Å². The summed E-state index contributed by atoms with van der Waals surface area (Å²) >= 11 is 0. The van der Waals surface area contributed by atoms with Gasteiger partial charge in [0, 0.05) is 6.42 Å². The molecule has 0 saturated carbocycles. The SMILES string of the molecule is CCCCC/C=C\C/C=C\CCCCCCCC(=O)O[C@@H](C=O)[C@@H](O)[C@@H](O)[C@@H](C)O. The van der Waals surface area contributed by atoms with Crippen LogP contribution in [0.5, 0.6) is 0 Å². The van der Waals surface area contributed by atoms with E-state index in [1.165, 1.54) is 32.6 Å². The Balaban J connectivity index is 3.70. The van der Waals surface area contributed by atoms with Crippen molar-refractivity contribution in [1.29, 1.82) is 0 Å². The Kier molecular flexibility index (Phi) is 18.5. The normalized spacial score (nSPS) is 15.9. The lowest BCUT2D eigenvalue weighted by molar-refractivity contribution is -0.166. The smallest absolute Gasteiger partial charge is 0.306 e. The molecule has 0 radical (unpaired) electrons. The second kappa shape index (κ2) is 19.5. The zero-order valence-electron chi connectivity index (χ0n) is 18.7. The van der Waals surface area contributed by atoms with Gasteiger partial charge in [-0.05, 0) is 45.4 Å². The van der Waals surface area contributed by atoms with Crippen LogP contribution in [0.1, 0.15) is 90.9 Å². The lowest BCUT2D eigenvalue weighted by Crippen LogP contribution is -2.46. The first-order valence-electron chi connectivity index (χ1n) is 11.4. The summed E-state index contributed by atoms with van der Waals surface area (Å²) < 4.78 is 4.91. The summed E-state index contributed by atoms with van der Waals surface area (Å²) in [7, 11) is 0. The molecule has 0 aliphatic heterocycles. The molecule has 0 aliphatic carbocycles. The minimum Gasteiger partial charge on any atom is -0.452 e. The average molecular weight is 427 g/mol. The molecule has 6 nitrogen and oxygen atoms in total. The number of aliphatic hydroxyl groups excluding tert-OH is 3. The van der Waals surface area contributed by atoms with Crippen LogP contribution in [0.25, 0.3) is 0 Å². The second-order valence-corrected chi connectivity index (χ2v) is 7.79. The van der Waals surface area contributed by atoms with Crippen LogP contribution in [-0.4, -0.2) is 52.0 Å². The number of carbonyl (C=O) groups excluding carboxylic acids is 2. The highest BCUT2D eigenvalue weighted by molar-refractivity contribution is 5.72. The third kappa shape index (κ3) is 15.4. The predicted octanol–water partition coefficient (Wildman–Crippen LogP) is 4.01. The van der Waals surface area contributed by atoms with Crippen LogP contribution in [0.2, 0.25) is 0 Å². The highest BCUT2D eigenvalue weighted by Crippen LogP contribution is 2.11. The molecule has 0 rings (SSSR count). The number of allylic oxidation sites excluding steroid dienone is 4. The molecule has 0 fully saturated rings. The van der Waals surface area contributed by atoms with Gasteiger partial charge < -0.3 is 20.1 Å². The fourth-order valence-corrected chi connectivity index (χ4v) is 2.95. The van der Waals surface area contributed by atoms with Crippen molar-refractivity contribution >= 4 is 12.3 Å². The van der Waals surface area contributed by atoms with E-state index in [4.69, 9.17) is 4.74 Å². The minimum absolute atomic E-state index is 0.159. The fourth-order valence-electron chi connectivity index (χ4n) is 2.95. The van der Waals surface area contributed by atoms with Gasteiger partial charge in [0.1, 0.15) is 12.2 Å². The van der Waals surface area contributed by atoms with Crippen molar-refractivity contribution in [2.75, 3.05) is 0 Å². The number of ether oxygens (including phenoxy) is 1. The van der Waals surface area contributed by atoms with Crippen molar-refractivity contribution in [3.8, 4) is 0 Å². The summed E-state index contributed by atoms with van der Waals surface area (Å²) in [5, 5.41) is 28.6. The topological polar surface area (TPSA) is 104 Å². The Hall–Kier alpha value is -1.50. The molecule has 6 heteroatoms. The summed E-state index contributed by atoms with van der Waals surface area (Å²) in [6, 6.07) is 0. The molecule has 3 N–H and O–H groups in total. The maximum Gasteiger partial charge on any atom is 0.306 e. The van der Waals surface area contributed by atoms with Gasteiger partial charge in [0.2, 0.25) is 0 Å². The summed E-state index contributed by atoms with van der Waals surface area (Å²) in [5.74, 6) is -0.588. The van der Waals surface area contributed by atoms with E-state index in [1.807, 2.05) is 0 Å². The van der Waals surface area contributed by atoms with Crippen molar-refractivity contribution < 1.29 is 29.6 Å². The van der Waals surface area contributed by atoms with Gasteiger partial charge in [-0.2, -0.15) is 0 Å². The first-order valence-corrected chi connectivity index (χ1v) is 11.4. The zero-order chi connectivity index (χ0) is 22.6. The van der Waals surface area contributed by atoms with Crippen LogP contribution in [0.15, 0.2) is 24.3 Å². The lowest BCUT2D eigenvalue weighted by Gasteiger charge is -2.24. The number of unbranched alkanes of at least 4 members (excludes halogenated alkanes) is 8. The minimum atomic E-state index is -1.64. The third-order valence-electron chi connectivity index (χ3n) is 4.91. The van der Waals surface area contributed by atoms with Gasteiger partial charge in [-0.25, -0.2) is 0 Å². The molecule has 0 bridgehead atoms. The Morgan fingerprint density at radius 2 is 1.40 bits per heavy atom. The molecule has 0 aromatic rings. The summed E-state index contributed by atoms with van der Waals surface area (Å²) in [5.41, 5.74) is 0. The van der Waals surface area contributed by atoms with E-state index in [0.717, 1.165) is 38.5 Å². The Bertz CT molecular complexity index is 486. The largest absolute Gasteiger partial charge is 0.452 e. The molecule has 0 aromatic carbocycles. The summed E-state index contributed by atoms with van der Waals surface area (Å²) in [6.45, 7) is 3.49. The molecule has 30 heavy (non-hydrogen) atoms. The summed E-state index contributed by atoms with van der Waals surface area (Å²) in [4.78, 5) is 22.8. The van der Waals surface area contributed by atoms with Crippen LogP contribution in [0, 0.1) is 0 Å². The van der Waals surface area contributed by atoms with E-state index >= 15 is 0 Å². The summed E-state index contributed by atoms with van der Waals surface area (Å²) in [6.07, 6.45) is 15.3. The number of carbonyl (C=O) groups is 2. The second-order valence-electron chi connectivity index (χ2n) is 7.79. The van der Waals surface area contributed by atoms with Crippen LogP contribution < -0.4 is 0 Å². The molecule has 0 heterocycles. The molecule has 0 aliphatic rings. The number of hydrogen-bond donors (Lipinski definition) is 3. The zero-order valence-corrected chi connectivity index (χ0v) is 18.7. The van der Waals surface area contributed by atoms with Crippen LogP contribution in [0.3, 0.4) is 0 Å². The number of rotatable bonds is 19. The Morgan fingerprint density at radius 3 is 1.97 bits per heavy atom. The Labute approximate surface area is 182 Å². The standard InChI is InChI=1S/C24H42O6/c1-3-4-5-6-7-8-9-10-11-12-13-14-15-16-17-18-22(27)30-21(19-25)24(29)23(28)20(2)26/h7-8,10-11,19-21,23-24,26,28-29H,3-6,9,12-18H2,1-2H3/b8-7-,11-10-/t20-,21+,23+,24-/m1/s1. The maximum absolute atomic E-state index is 11.8. The van der Waals surface area contributed by atoms with Gasteiger partial charge in [0.05, 0.1) is 6.10 Å². The number of esters is 1. The van der Waals surface area contributed by atoms with E-state index in [1.54, 1.807) is 0 Å².